The van der Waals surface area contributed by atoms with Crippen LogP contribution in [0.15, 0.2) is 24.3 Å². The van der Waals surface area contributed by atoms with Crippen LogP contribution in [0.2, 0.25) is 0 Å². The van der Waals surface area contributed by atoms with Gasteiger partial charge in [0, 0.05) is 5.56 Å². The zero-order valence-electron chi connectivity index (χ0n) is 8.08. The molecule has 0 fully saturated rings. The van der Waals surface area contributed by atoms with E-state index in [9.17, 15) is 13.2 Å². The second-order valence-electron chi connectivity index (χ2n) is 2.91. The van der Waals surface area contributed by atoms with Crippen molar-refractivity contribution in [1.29, 1.82) is 0 Å². The van der Waals surface area contributed by atoms with E-state index in [1.165, 1.54) is 18.2 Å². The van der Waals surface area contributed by atoms with Gasteiger partial charge in [-0.05, 0) is 13.0 Å². The minimum atomic E-state index is -4.67. The topological polar surface area (TPSA) is 29.5 Å². The van der Waals surface area contributed by atoms with Gasteiger partial charge in [0.15, 0.2) is 6.10 Å². The fourth-order valence-electron chi connectivity index (χ4n) is 1.17. The first kappa shape index (κ1) is 11.8. The van der Waals surface area contributed by atoms with E-state index >= 15 is 0 Å². The fourth-order valence-corrected chi connectivity index (χ4v) is 1.17. The van der Waals surface area contributed by atoms with Gasteiger partial charge in [-0.2, -0.15) is 13.2 Å². The molecule has 0 spiro atoms. The summed E-state index contributed by atoms with van der Waals surface area (Å²) in [4.78, 5) is 0. The van der Waals surface area contributed by atoms with Gasteiger partial charge in [0.05, 0.1) is 6.61 Å². The largest absolute Gasteiger partial charge is 0.493 e. The summed E-state index contributed by atoms with van der Waals surface area (Å²) in [6.45, 7) is 1.92. The first-order valence-corrected chi connectivity index (χ1v) is 4.43. The van der Waals surface area contributed by atoms with E-state index in [0.717, 1.165) is 0 Å². The second kappa shape index (κ2) is 4.53. The molecule has 0 saturated carbocycles. The highest BCUT2D eigenvalue weighted by Gasteiger charge is 2.40. The van der Waals surface area contributed by atoms with Crippen LogP contribution < -0.4 is 4.74 Å². The molecular formula is C10H11F3O2. The average molecular weight is 220 g/mol. The Morgan fingerprint density at radius 2 is 1.93 bits per heavy atom. The molecule has 0 unspecified atom stereocenters. The molecule has 1 N–H and O–H groups in total. The minimum absolute atomic E-state index is 0.0600. The summed E-state index contributed by atoms with van der Waals surface area (Å²) < 4.78 is 41.7. The van der Waals surface area contributed by atoms with Crippen molar-refractivity contribution in [1.82, 2.24) is 0 Å². The summed E-state index contributed by atoms with van der Waals surface area (Å²) in [5.41, 5.74) is -0.258. The van der Waals surface area contributed by atoms with Crippen molar-refractivity contribution in [3.63, 3.8) is 0 Å². The Balaban J connectivity index is 3.02. The summed E-state index contributed by atoms with van der Waals surface area (Å²) in [5.74, 6) is 0.0600. The van der Waals surface area contributed by atoms with Crippen LogP contribution in [-0.4, -0.2) is 17.9 Å². The van der Waals surface area contributed by atoms with Crippen LogP contribution in [0.5, 0.6) is 5.75 Å². The molecule has 15 heavy (non-hydrogen) atoms. The molecule has 0 amide bonds. The van der Waals surface area contributed by atoms with E-state index in [1.54, 1.807) is 13.0 Å². The number of para-hydroxylation sites is 1. The summed E-state index contributed by atoms with van der Waals surface area (Å²) in [6, 6.07) is 5.57. The van der Waals surface area contributed by atoms with Crippen LogP contribution in [0.4, 0.5) is 13.2 Å². The summed E-state index contributed by atoms with van der Waals surface area (Å²) in [5, 5.41) is 9.06. The molecule has 0 aliphatic carbocycles. The van der Waals surface area contributed by atoms with E-state index in [2.05, 4.69) is 0 Å². The van der Waals surface area contributed by atoms with Crippen molar-refractivity contribution in [3.05, 3.63) is 29.8 Å². The number of hydrogen-bond donors (Lipinski definition) is 1. The third-order valence-electron chi connectivity index (χ3n) is 1.82. The van der Waals surface area contributed by atoms with Gasteiger partial charge in [-0.15, -0.1) is 0 Å². The van der Waals surface area contributed by atoms with Crippen molar-refractivity contribution in [3.8, 4) is 5.75 Å². The monoisotopic (exact) mass is 220 g/mol. The molecule has 0 saturated heterocycles. The number of hydrogen-bond acceptors (Lipinski definition) is 2. The standard InChI is InChI=1S/C10H11F3O2/c1-2-15-8-6-4-3-5-7(8)9(14)10(11,12)13/h3-6,9,14H,2H2,1H3/t9-/m1/s1. The lowest BCUT2D eigenvalue weighted by atomic mass is 10.1. The molecule has 1 aromatic carbocycles. The van der Waals surface area contributed by atoms with Crippen LogP contribution in [0, 0.1) is 0 Å². The Morgan fingerprint density at radius 3 is 2.47 bits per heavy atom. The Hall–Kier alpha value is -1.23. The lowest BCUT2D eigenvalue weighted by Gasteiger charge is -2.17. The maximum atomic E-state index is 12.2. The maximum Gasteiger partial charge on any atom is 0.418 e. The van der Waals surface area contributed by atoms with Crippen molar-refractivity contribution in [2.45, 2.75) is 19.2 Å². The number of ether oxygens (including phenoxy) is 1. The van der Waals surface area contributed by atoms with E-state index in [-0.39, 0.29) is 17.9 Å². The normalized spacial score (nSPS) is 13.7. The SMILES string of the molecule is CCOc1ccccc1[C@@H](O)C(F)(F)F. The Bertz CT molecular complexity index is 323. The number of alkyl halides is 3. The van der Waals surface area contributed by atoms with E-state index in [1.807, 2.05) is 0 Å². The van der Waals surface area contributed by atoms with Gasteiger partial charge in [0.1, 0.15) is 5.75 Å². The quantitative estimate of drug-likeness (QED) is 0.848. The second-order valence-corrected chi connectivity index (χ2v) is 2.91. The highest BCUT2D eigenvalue weighted by atomic mass is 19.4. The van der Waals surface area contributed by atoms with Crippen molar-refractivity contribution in [2.24, 2.45) is 0 Å². The predicted molar refractivity (Wildman–Crippen MR) is 48.6 cm³/mol. The zero-order valence-corrected chi connectivity index (χ0v) is 8.08. The van der Waals surface area contributed by atoms with Gasteiger partial charge in [-0.1, -0.05) is 18.2 Å². The molecule has 84 valence electrons. The van der Waals surface area contributed by atoms with E-state index in [0.29, 0.717) is 0 Å². The van der Waals surface area contributed by atoms with Crippen molar-refractivity contribution < 1.29 is 23.0 Å². The van der Waals surface area contributed by atoms with Crippen LogP contribution in [0.3, 0.4) is 0 Å². The van der Waals surface area contributed by atoms with Gasteiger partial charge < -0.3 is 9.84 Å². The molecule has 5 heteroatoms. The number of rotatable bonds is 3. The third kappa shape index (κ3) is 2.86. The fraction of sp³-hybridized carbons (Fsp3) is 0.400. The van der Waals surface area contributed by atoms with Gasteiger partial charge in [0.2, 0.25) is 0 Å². The zero-order chi connectivity index (χ0) is 11.5. The van der Waals surface area contributed by atoms with Crippen LogP contribution in [-0.2, 0) is 0 Å². The highest BCUT2D eigenvalue weighted by Crippen LogP contribution is 2.36. The first-order valence-electron chi connectivity index (χ1n) is 4.43. The van der Waals surface area contributed by atoms with E-state index < -0.39 is 12.3 Å². The molecule has 0 bridgehead atoms. The Kier molecular flexibility index (Phi) is 3.57. The molecular weight excluding hydrogens is 209 g/mol. The minimum Gasteiger partial charge on any atom is -0.493 e. The van der Waals surface area contributed by atoms with Crippen molar-refractivity contribution >= 4 is 0 Å². The van der Waals surface area contributed by atoms with Crippen molar-refractivity contribution in [2.75, 3.05) is 6.61 Å². The number of aliphatic hydroxyl groups is 1. The number of halogens is 3. The number of benzene rings is 1. The van der Waals surface area contributed by atoms with Gasteiger partial charge in [0.25, 0.3) is 0 Å². The molecule has 0 radical (unpaired) electrons. The first-order chi connectivity index (χ1) is 6.96. The summed E-state index contributed by atoms with van der Waals surface area (Å²) in [7, 11) is 0. The smallest absolute Gasteiger partial charge is 0.418 e. The molecule has 1 aromatic rings. The molecule has 0 aliphatic heterocycles. The maximum absolute atomic E-state index is 12.2. The Labute approximate surface area is 85.3 Å². The summed E-state index contributed by atoms with van der Waals surface area (Å²) in [6.07, 6.45) is -7.17. The predicted octanol–water partition coefficient (Wildman–Crippen LogP) is 2.68. The van der Waals surface area contributed by atoms with Gasteiger partial charge in [-0.3, -0.25) is 0 Å². The lowest BCUT2D eigenvalue weighted by Crippen LogP contribution is -2.20. The molecule has 0 aliphatic rings. The molecule has 0 aromatic heterocycles. The van der Waals surface area contributed by atoms with E-state index in [4.69, 9.17) is 9.84 Å². The lowest BCUT2D eigenvalue weighted by molar-refractivity contribution is -0.207. The third-order valence-corrected chi connectivity index (χ3v) is 1.82. The molecule has 1 atom stereocenters. The molecule has 1 rings (SSSR count). The highest BCUT2D eigenvalue weighted by molar-refractivity contribution is 5.35. The Morgan fingerprint density at radius 1 is 1.33 bits per heavy atom. The van der Waals surface area contributed by atoms with Gasteiger partial charge >= 0.3 is 6.18 Å². The summed E-state index contributed by atoms with van der Waals surface area (Å²) >= 11 is 0. The average Bonchev–Trinajstić information content (AvgIpc) is 2.17. The molecule has 0 heterocycles. The van der Waals surface area contributed by atoms with Crippen LogP contribution in [0.1, 0.15) is 18.6 Å². The van der Waals surface area contributed by atoms with Crippen LogP contribution >= 0.6 is 0 Å². The molecule has 2 nitrogen and oxygen atoms in total. The van der Waals surface area contributed by atoms with Gasteiger partial charge in [-0.25, -0.2) is 0 Å². The van der Waals surface area contributed by atoms with Crippen LogP contribution in [0.25, 0.3) is 0 Å². The number of aliphatic hydroxyl groups excluding tert-OH is 1.